The van der Waals surface area contributed by atoms with Crippen LogP contribution in [0.2, 0.25) is 0 Å². The van der Waals surface area contributed by atoms with Gasteiger partial charge in [0.1, 0.15) is 0 Å². The minimum Gasteiger partial charge on any atom is -0.389 e. The van der Waals surface area contributed by atoms with E-state index in [4.69, 9.17) is 5.73 Å². The number of rotatable bonds is 6. The summed E-state index contributed by atoms with van der Waals surface area (Å²) >= 11 is 0. The molecule has 1 aromatic carbocycles. The molecule has 1 atom stereocenters. The zero-order valence-corrected chi connectivity index (χ0v) is 12.0. The van der Waals surface area contributed by atoms with Crippen molar-refractivity contribution in [2.75, 3.05) is 20.1 Å². The Morgan fingerprint density at radius 2 is 2.05 bits per heavy atom. The summed E-state index contributed by atoms with van der Waals surface area (Å²) in [6.07, 6.45) is 1.48. The third-order valence-electron chi connectivity index (χ3n) is 3.34. The second-order valence-electron chi connectivity index (χ2n) is 5.08. The fourth-order valence-corrected chi connectivity index (χ4v) is 2.20. The lowest BCUT2D eigenvalue weighted by Crippen LogP contribution is -2.25. The van der Waals surface area contributed by atoms with Crippen molar-refractivity contribution in [1.82, 2.24) is 15.1 Å². The Morgan fingerprint density at radius 1 is 1.35 bits per heavy atom. The average Bonchev–Trinajstić information content (AvgIpc) is 2.87. The Labute approximate surface area is 119 Å². The Balaban J connectivity index is 2.18. The maximum Gasteiger partial charge on any atom is 0.0965 e. The SMILES string of the molecule is CC(O)c1ccc(-c2n[nH]cc2CN(C)CCN)cc1. The van der Waals surface area contributed by atoms with Gasteiger partial charge in [0.2, 0.25) is 0 Å². The number of nitrogens with zero attached hydrogens (tertiary/aromatic N) is 2. The van der Waals surface area contributed by atoms with Gasteiger partial charge in [-0.2, -0.15) is 5.10 Å². The number of nitrogens with one attached hydrogen (secondary N) is 1. The molecule has 108 valence electrons. The van der Waals surface area contributed by atoms with E-state index in [-0.39, 0.29) is 0 Å². The van der Waals surface area contributed by atoms with E-state index in [0.29, 0.717) is 6.54 Å². The third-order valence-corrected chi connectivity index (χ3v) is 3.34. The lowest BCUT2D eigenvalue weighted by Gasteiger charge is -2.15. The zero-order chi connectivity index (χ0) is 14.5. The van der Waals surface area contributed by atoms with Crippen molar-refractivity contribution in [3.8, 4) is 11.3 Å². The van der Waals surface area contributed by atoms with E-state index in [9.17, 15) is 5.11 Å². The smallest absolute Gasteiger partial charge is 0.0965 e. The fourth-order valence-electron chi connectivity index (χ4n) is 2.20. The lowest BCUT2D eigenvalue weighted by molar-refractivity contribution is 0.199. The van der Waals surface area contributed by atoms with Gasteiger partial charge in [0.25, 0.3) is 0 Å². The van der Waals surface area contributed by atoms with Crippen LogP contribution >= 0.6 is 0 Å². The molecule has 0 saturated heterocycles. The van der Waals surface area contributed by atoms with Crippen LogP contribution in [0.3, 0.4) is 0 Å². The first kappa shape index (κ1) is 14.7. The molecule has 5 heteroatoms. The number of H-pyrrole nitrogens is 1. The van der Waals surface area contributed by atoms with Crippen LogP contribution in [0.5, 0.6) is 0 Å². The van der Waals surface area contributed by atoms with Gasteiger partial charge >= 0.3 is 0 Å². The summed E-state index contributed by atoms with van der Waals surface area (Å²) in [6.45, 7) is 4.07. The summed E-state index contributed by atoms with van der Waals surface area (Å²) in [6, 6.07) is 7.85. The molecular formula is C15H22N4O. The normalized spacial score (nSPS) is 12.8. The molecular weight excluding hydrogens is 252 g/mol. The van der Waals surface area contributed by atoms with Gasteiger partial charge in [-0.1, -0.05) is 24.3 Å². The molecule has 0 aliphatic carbocycles. The van der Waals surface area contributed by atoms with E-state index in [2.05, 4.69) is 15.1 Å². The lowest BCUT2D eigenvalue weighted by atomic mass is 10.0. The molecule has 1 aromatic heterocycles. The first-order valence-electron chi connectivity index (χ1n) is 6.81. The number of hydrogen-bond acceptors (Lipinski definition) is 4. The molecule has 0 radical (unpaired) electrons. The molecule has 0 aliphatic rings. The van der Waals surface area contributed by atoms with Crippen molar-refractivity contribution >= 4 is 0 Å². The Morgan fingerprint density at radius 3 is 2.65 bits per heavy atom. The summed E-state index contributed by atoms with van der Waals surface area (Å²) in [5.74, 6) is 0. The van der Waals surface area contributed by atoms with E-state index < -0.39 is 6.10 Å². The van der Waals surface area contributed by atoms with Crippen molar-refractivity contribution in [1.29, 1.82) is 0 Å². The molecule has 0 fully saturated rings. The van der Waals surface area contributed by atoms with Crippen LogP contribution in [-0.4, -0.2) is 40.3 Å². The predicted octanol–water partition coefficient (Wildman–Crippen LogP) is 1.52. The summed E-state index contributed by atoms with van der Waals surface area (Å²) in [4.78, 5) is 2.17. The van der Waals surface area contributed by atoms with Crippen LogP contribution in [0.4, 0.5) is 0 Å². The highest BCUT2D eigenvalue weighted by Crippen LogP contribution is 2.24. The highest BCUT2D eigenvalue weighted by molar-refractivity contribution is 5.62. The quantitative estimate of drug-likeness (QED) is 0.746. The molecule has 0 aliphatic heterocycles. The first-order valence-corrected chi connectivity index (χ1v) is 6.81. The van der Waals surface area contributed by atoms with E-state index in [1.54, 1.807) is 6.92 Å². The molecule has 5 nitrogen and oxygen atoms in total. The fraction of sp³-hybridized carbons (Fsp3) is 0.400. The van der Waals surface area contributed by atoms with Gasteiger partial charge in [-0.3, -0.25) is 5.10 Å². The van der Waals surface area contributed by atoms with Crippen LogP contribution in [0.1, 0.15) is 24.2 Å². The molecule has 1 heterocycles. The van der Waals surface area contributed by atoms with Crippen molar-refractivity contribution in [3.05, 3.63) is 41.6 Å². The minimum absolute atomic E-state index is 0.446. The standard InChI is InChI=1S/C15H22N4O/c1-11(20)12-3-5-13(6-4-12)15-14(9-17-18-15)10-19(2)8-7-16/h3-6,9,11,20H,7-8,10,16H2,1-2H3,(H,17,18). The monoisotopic (exact) mass is 274 g/mol. The Hall–Kier alpha value is -1.69. The highest BCUT2D eigenvalue weighted by Gasteiger charge is 2.11. The van der Waals surface area contributed by atoms with Crippen LogP contribution in [-0.2, 0) is 6.54 Å². The Kier molecular flexibility index (Phi) is 4.89. The van der Waals surface area contributed by atoms with E-state index in [1.807, 2.05) is 37.5 Å². The molecule has 4 N–H and O–H groups in total. The summed E-state index contributed by atoms with van der Waals surface area (Å²) < 4.78 is 0. The second-order valence-corrected chi connectivity index (χ2v) is 5.08. The van der Waals surface area contributed by atoms with Gasteiger partial charge in [0.05, 0.1) is 11.8 Å². The number of benzene rings is 1. The molecule has 2 aromatic rings. The average molecular weight is 274 g/mol. The van der Waals surface area contributed by atoms with Crippen molar-refractivity contribution in [3.63, 3.8) is 0 Å². The molecule has 1 unspecified atom stereocenters. The van der Waals surface area contributed by atoms with Crippen LogP contribution in [0.15, 0.2) is 30.5 Å². The topological polar surface area (TPSA) is 78.2 Å². The molecule has 0 spiro atoms. The van der Waals surface area contributed by atoms with Crippen LogP contribution < -0.4 is 5.73 Å². The van der Waals surface area contributed by atoms with Crippen molar-refractivity contribution in [2.24, 2.45) is 5.73 Å². The molecule has 0 amide bonds. The number of hydrogen-bond donors (Lipinski definition) is 3. The van der Waals surface area contributed by atoms with Crippen molar-refractivity contribution in [2.45, 2.75) is 19.6 Å². The third kappa shape index (κ3) is 3.45. The molecule has 20 heavy (non-hydrogen) atoms. The second kappa shape index (κ2) is 6.65. The van der Waals surface area contributed by atoms with Crippen LogP contribution in [0, 0.1) is 0 Å². The number of aromatic nitrogens is 2. The highest BCUT2D eigenvalue weighted by atomic mass is 16.3. The summed E-state index contributed by atoms with van der Waals surface area (Å²) in [5.41, 5.74) is 9.61. The number of aliphatic hydroxyl groups excluding tert-OH is 1. The number of nitrogens with two attached hydrogens (primary N) is 1. The van der Waals surface area contributed by atoms with Crippen LogP contribution in [0.25, 0.3) is 11.3 Å². The van der Waals surface area contributed by atoms with E-state index in [0.717, 1.165) is 35.5 Å². The largest absolute Gasteiger partial charge is 0.389 e. The zero-order valence-electron chi connectivity index (χ0n) is 12.0. The summed E-state index contributed by atoms with van der Waals surface area (Å²) in [5, 5.41) is 16.8. The van der Waals surface area contributed by atoms with Gasteiger partial charge in [-0.15, -0.1) is 0 Å². The number of aliphatic hydroxyl groups is 1. The number of likely N-dealkylation sites (N-methyl/N-ethyl adjacent to an activating group) is 1. The van der Waals surface area contributed by atoms with E-state index in [1.165, 1.54) is 0 Å². The van der Waals surface area contributed by atoms with Gasteiger partial charge in [0, 0.05) is 37.0 Å². The maximum absolute atomic E-state index is 9.54. The Bertz CT molecular complexity index is 533. The van der Waals surface area contributed by atoms with Gasteiger partial charge in [-0.25, -0.2) is 0 Å². The minimum atomic E-state index is -0.446. The van der Waals surface area contributed by atoms with Crippen molar-refractivity contribution < 1.29 is 5.11 Å². The maximum atomic E-state index is 9.54. The first-order chi connectivity index (χ1) is 9.61. The molecule has 0 saturated carbocycles. The number of aromatic amines is 1. The molecule has 2 rings (SSSR count). The predicted molar refractivity (Wildman–Crippen MR) is 80.0 cm³/mol. The van der Waals surface area contributed by atoms with Gasteiger partial charge in [0.15, 0.2) is 0 Å². The van der Waals surface area contributed by atoms with Gasteiger partial charge < -0.3 is 15.7 Å². The summed E-state index contributed by atoms with van der Waals surface area (Å²) in [7, 11) is 2.04. The van der Waals surface area contributed by atoms with Gasteiger partial charge in [-0.05, 0) is 19.5 Å². The molecule has 0 bridgehead atoms. The van der Waals surface area contributed by atoms with E-state index >= 15 is 0 Å².